The third kappa shape index (κ3) is 12.7. The van der Waals surface area contributed by atoms with Gasteiger partial charge in [-0.15, -0.1) is 0 Å². The predicted molar refractivity (Wildman–Crippen MR) is 522 cm³/mol. The molecule has 23 aromatic rings. The van der Waals surface area contributed by atoms with Crippen LogP contribution < -0.4 is 0 Å². The summed E-state index contributed by atoms with van der Waals surface area (Å²) in [6, 6.07) is 113. The molecule has 0 amide bonds. The van der Waals surface area contributed by atoms with Gasteiger partial charge in [-0.05, 0) is 135 Å². The summed E-state index contributed by atoms with van der Waals surface area (Å²) in [5.41, 5.74) is 28.6. The Kier molecular flexibility index (Phi) is 18.2. The van der Waals surface area contributed by atoms with Crippen LogP contribution in [0.3, 0.4) is 0 Å². The topological polar surface area (TPSA) is 207 Å². The molecule has 0 saturated heterocycles. The van der Waals surface area contributed by atoms with Gasteiger partial charge in [-0.25, -0.2) is 49.8 Å². The van der Waals surface area contributed by atoms with Gasteiger partial charge < -0.3 is 13.3 Å². The molecule has 10 aromatic heterocycles. The van der Waals surface area contributed by atoms with Crippen molar-refractivity contribution in [3.8, 4) is 147 Å². The van der Waals surface area contributed by atoms with E-state index in [0.29, 0.717) is 69.4 Å². The van der Waals surface area contributed by atoms with Crippen LogP contribution in [-0.4, -0.2) is 64.8 Å². The lowest BCUT2D eigenvalue weighted by Gasteiger charge is -2.25. The van der Waals surface area contributed by atoms with Crippen LogP contribution in [0.2, 0.25) is 0 Å². The minimum absolute atomic E-state index is 0.105. The Morgan fingerprint density at radius 2 is 0.687 bits per heavy atom. The Morgan fingerprint density at radius 1 is 0.244 bits per heavy atom. The van der Waals surface area contributed by atoms with Crippen LogP contribution in [-0.2, 0) is 16.2 Å². The van der Waals surface area contributed by atoms with Gasteiger partial charge in [0.25, 0.3) is 0 Å². The molecule has 1 unspecified atom stereocenters. The highest BCUT2D eigenvalue weighted by Crippen LogP contribution is 2.59. The summed E-state index contributed by atoms with van der Waals surface area (Å²) in [7, 11) is 0. The quantitative estimate of drug-likeness (QED) is 0.118. The highest BCUT2D eigenvalue weighted by molar-refractivity contribution is 6.21. The molecule has 622 valence electrons. The molecule has 131 heavy (non-hydrogen) atoms. The lowest BCUT2D eigenvalue weighted by molar-refractivity contribution is 0.548. The zero-order valence-electron chi connectivity index (χ0n) is 72.3. The number of fused-ring (bicyclic) bond motifs is 22. The van der Waals surface area contributed by atoms with Gasteiger partial charge in [0, 0.05) is 123 Å². The highest BCUT2D eigenvalue weighted by atomic mass is 16.3. The summed E-state index contributed by atoms with van der Waals surface area (Å²) in [4.78, 5) is 63.7. The molecule has 0 saturated carbocycles. The molecule has 0 spiro atoms. The Hall–Kier alpha value is -16.9. The minimum Gasteiger partial charge on any atom is -0.455 e. The first-order chi connectivity index (χ1) is 64.3. The SMILES string of the molecule is CC1(C)c2cc(-c3nc(-c4ccccc4)nc(-c4ccccn4)n3)c3oc4ccccc4c3c2-c2cccnc21.CC1(C)c2ccccc2-c2c1ccc1oc3c(-c4nc(-c5ccccc5)nc(-c5cccc6ccccc56)n4)nccc3c21.CCC1(C)c2cc(-c3ccc(-c4nc(-c5ccccc5)nc(-c5ccccc5)n4)cc3)c3oc4ccccc4c3c2-c2cccnc21. The van der Waals surface area contributed by atoms with E-state index in [1.807, 2.05) is 213 Å². The van der Waals surface area contributed by atoms with Crippen molar-refractivity contribution in [3.63, 3.8) is 0 Å². The van der Waals surface area contributed by atoms with Crippen LogP contribution in [0.5, 0.6) is 0 Å². The maximum atomic E-state index is 6.67. The van der Waals surface area contributed by atoms with Gasteiger partial charge in [0.15, 0.2) is 63.7 Å². The first-order valence-corrected chi connectivity index (χ1v) is 44.1. The molecule has 0 N–H and O–H groups in total. The van der Waals surface area contributed by atoms with Crippen LogP contribution in [0.4, 0.5) is 0 Å². The second-order valence-electron chi connectivity index (χ2n) is 34.8. The van der Waals surface area contributed by atoms with Crippen molar-refractivity contribution in [2.75, 3.05) is 0 Å². The van der Waals surface area contributed by atoms with Crippen molar-refractivity contribution < 1.29 is 13.3 Å². The molecule has 0 radical (unpaired) electrons. The minimum atomic E-state index is -0.313. The van der Waals surface area contributed by atoms with E-state index in [2.05, 4.69) is 186 Å². The van der Waals surface area contributed by atoms with E-state index in [1.54, 1.807) is 6.20 Å². The second kappa shape index (κ2) is 30.7. The fraction of sp³-hybridized carbons (Fsp3) is 0.0870. The number of benzene rings is 13. The molecule has 1 atom stereocenters. The number of pyridine rings is 4. The highest BCUT2D eigenvalue weighted by Gasteiger charge is 2.44. The largest absolute Gasteiger partial charge is 0.455 e. The molecule has 16 nitrogen and oxygen atoms in total. The monoisotopic (exact) mass is 1690 g/mol. The molecule has 3 aliphatic carbocycles. The van der Waals surface area contributed by atoms with E-state index < -0.39 is 0 Å². The first kappa shape index (κ1) is 77.7. The van der Waals surface area contributed by atoms with Crippen LogP contribution >= 0.6 is 0 Å². The summed E-state index contributed by atoms with van der Waals surface area (Å²) >= 11 is 0. The molecular weight excluding hydrogens is 1610 g/mol. The predicted octanol–water partition coefficient (Wildman–Crippen LogP) is 28.0. The van der Waals surface area contributed by atoms with Gasteiger partial charge in [-0.1, -0.05) is 308 Å². The zero-order valence-corrected chi connectivity index (χ0v) is 72.3. The number of hydrogen-bond acceptors (Lipinski definition) is 16. The summed E-state index contributed by atoms with van der Waals surface area (Å²) in [6.07, 6.45) is 8.31. The van der Waals surface area contributed by atoms with Crippen LogP contribution in [0.1, 0.15) is 81.6 Å². The lowest BCUT2D eigenvalue weighted by Crippen LogP contribution is -2.20. The smallest absolute Gasteiger partial charge is 0.186 e. The lowest BCUT2D eigenvalue weighted by atomic mass is 9.79. The summed E-state index contributed by atoms with van der Waals surface area (Å²) in [5, 5.41) is 8.71. The molecule has 0 fully saturated rings. The fourth-order valence-corrected chi connectivity index (χ4v) is 19.9. The maximum Gasteiger partial charge on any atom is 0.186 e. The molecule has 10 heterocycles. The molecule has 0 bridgehead atoms. The molecule has 13 aromatic carbocycles. The third-order valence-electron chi connectivity index (χ3n) is 26.5. The van der Waals surface area contributed by atoms with Gasteiger partial charge in [-0.2, -0.15) is 0 Å². The van der Waals surface area contributed by atoms with Crippen molar-refractivity contribution in [1.29, 1.82) is 0 Å². The van der Waals surface area contributed by atoms with Crippen molar-refractivity contribution >= 4 is 76.6 Å². The summed E-state index contributed by atoms with van der Waals surface area (Å²) < 4.78 is 19.9. The Balaban J connectivity index is 0.000000109. The van der Waals surface area contributed by atoms with Gasteiger partial charge in [0.2, 0.25) is 0 Å². The van der Waals surface area contributed by atoms with Crippen molar-refractivity contribution in [1.82, 2.24) is 64.8 Å². The fourth-order valence-electron chi connectivity index (χ4n) is 19.9. The van der Waals surface area contributed by atoms with E-state index >= 15 is 0 Å². The molecule has 26 rings (SSSR count). The van der Waals surface area contributed by atoms with E-state index in [1.165, 1.54) is 50.1 Å². The second-order valence-corrected chi connectivity index (χ2v) is 34.8. The molecule has 16 heteroatoms. The van der Waals surface area contributed by atoms with E-state index in [0.717, 1.165) is 144 Å². The third-order valence-corrected chi connectivity index (χ3v) is 26.5. The molecule has 3 aliphatic rings. The average Bonchev–Trinajstić information content (AvgIpc) is 1.53. The van der Waals surface area contributed by atoms with Gasteiger partial charge >= 0.3 is 0 Å². The van der Waals surface area contributed by atoms with Gasteiger partial charge in [-0.3, -0.25) is 15.0 Å². The van der Waals surface area contributed by atoms with Crippen molar-refractivity contribution in [2.24, 2.45) is 0 Å². The molecule has 0 aliphatic heterocycles. The maximum absolute atomic E-state index is 6.67. The van der Waals surface area contributed by atoms with Crippen LogP contribution in [0.25, 0.3) is 224 Å². The van der Waals surface area contributed by atoms with Crippen LogP contribution in [0.15, 0.2) is 372 Å². The van der Waals surface area contributed by atoms with Crippen LogP contribution in [0, 0.1) is 0 Å². The number of aromatic nitrogens is 13. The van der Waals surface area contributed by atoms with Crippen molar-refractivity contribution in [3.05, 3.63) is 392 Å². The Labute approximate surface area is 753 Å². The van der Waals surface area contributed by atoms with E-state index in [9.17, 15) is 0 Å². The number of nitrogens with zero attached hydrogens (tertiary/aromatic N) is 13. The summed E-state index contributed by atoms with van der Waals surface area (Å²) in [6.45, 7) is 13.6. The van der Waals surface area contributed by atoms with Gasteiger partial charge in [0.05, 0.1) is 17.0 Å². The number of furan rings is 3. The number of para-hydroxylation sites is 2. The average molecular weight is 1690 g/mol. The van der Waals surface area contributed by atoms with E-state index in [4.69, 9.17) is 73.1 Å². The normalized spacial score (nSPS) is 14.1. The van der Waals surface area contributed by atoms with Gasteiger partial charge in [0.1, 0.15) is 33.6 Å². The Morgan fingerprint density at radius 3 is 1.31 bits per heavy atom. The van der Waals surface area contributed by atoms with E-state index in [-0.39, 0.29) is 16.2 Å². The Bertz CT molecular complexity index is 8410. The standard InChI is InChI=1S/C42H30N4O.C39H26N4O.C34H23N5O/c1-3-42(2)33-25-32(37-36(30-17-10-11-19-34(30)47-37)35(33)31-18-12-24-43-38(31)42)26-20-22-29(23-21-26)41-45-39(27-13-6-4-7-14-27)44-40(46-41)28-15-8-5-9-16-28;1-39(2)29-18-9-8-16-27(29)32-30(39)19-20-31-33(32)28-21-22-40-34(35(28)44-31)38-42-36(24-12-4-3-5-13-24)41-37(43-38)26-17-10-14-23-11-6-7-15-25(23)26;1-34(2)24-19-23(29-28(21-13-6-7-16-26(21)40-29)27(24)22-14-10-18-36-30(22)34)32-37-31(20-11-4-3-5-12-20)38-33(39-32)25-15-8-9-17-35-25/h4-25H,3H2,1-2H3;3-22H,1-2H3;3-19H,1-2H3. The zero-order chi connectivity index (χ0) is 87.8. The van der Waals surface area contributed by atoms with Crippen molar-refractivity contribution in [2.45, 2.75) is 64.2 Å². The number of hydrogen-bond donors (Lipinski definition) is 0. The first-order valence-electron chi connectivity index (χ1n) is 44.1. The molecular formula is C115H79N13O3. The summed E-state index contributed by atoms with van der Waals surface area (Å²) in [5.74, 6) is 5.22. The number of rotatable bonds is 11.